The van der Waals surface area contributed by atoms with Crippen molar-refractivity contribution in [2.24, 2.45) is 0 Å². The second kappa shape index (κ2) is 6.98. The first kappa shape index (κ1) is 19.2. The Morgan fingerprint density at radius 3 is 2.25 bits per heavy atom. The molecule has 1 aromatic rings. The Kier molecular flexibility index (Phi) is 5.57. The summed E-state index contributed by atoms with van der Waals surface area (Å²) in [5.74, 6) is -0.301. The van der Waals surface area contributed by atoms with Crippen LogP contribution in [0.2, 0.25) is 10.1 Å². The molecule has 1 heterocycles. The SMILES string of the molecule is CC(C)(C)[Si]1(C(C)(C)C)OCCC(COC(=O)c2ccccc2)O1. The molecule has 1 fully saturated rings. The number of carbonyl (C=O) groups excluding carboxylic acids is 1. The van der Waals surface area contributed by atoms with Gasteiger partial charge in [-0.05, 0) is 18.6 Å². The van der Waals surface area contributed by atoms with Crippen LogP contribution in [0.1, 0.15) is 58.3 Å². The Hall–Kier alpha value is -1.17. The number of ether oxygens (including phenoxy) is 1. The minimum Gasteiger partial charge on any atom is -0.459 e. The molecule has 4 nitrogen and oxygen atoms in total. The molecule has 0 amide bonds. The van der Waals surface area contributed by atoms with E-state index in [9.17, 15) is 4.79 Å². The number of benzene rings is 1. The van der Waals surface area contributed by atoms with Crippen LogP contribution in [0.4, 0.5) is 0 Å². The molecule has 1 aromatic carbocycles. The Morgan fingerprint density at radius 1 is 1.12 bits per heavy atom. The molecular formula is C19H30O4Si. The molecule has 0 bridgehead atoms. The maximum atomic E-state index is 12.1. The number of rotatable bonds is 3. The van der Waals surface area contributed by atoms with Crippen LogP contribution in [0.3, 0.4) is 0 Å². The molecule has 0 aliphatic carbocycles. The summed E-state index contributed by atoms with van der Waals surface area (Å²) in [7, 11) is -2.49. The molecule has 1 aliphatic rings. The lowest BCUT2D eigenvalue weighted by molar-refractivity contribution is -0.0197. The predicted octanol–water partition coefficient (Wildman–Crippen LogP) is 4.69. The van der Waals surface area contributed by atoms with E-state index in [-0.39, 0.29) is 28.8 Å². The van der Waals surface area contributed by atoms with E-state index >= 15 is 0 Å². The summed E-state index contributed by atoms with van der Waals surface area (Å²) in [6.07, 6.45) is 0.653. The summed E-state index contributed by atoms with van der Waals surface area (Å²) >= 11 is 0. The molecule has 1 aliphatic heterocycles. The van der Waals surface area contributed by atoms with Crippen molar-refractivity contribution >= 4 is 14.5 Å². The van der Waals surface area contributed by atoms with Gasteiger partial charge in [-0.25, -0.2) is 4.79 Å². The number of hydrogen-bond acceptors (Lipinski definition) is 4. The van der Waals surface area contributed by atoms with E-state index in [0.29, 0.717) is 12.2 Å². The minimum atomic E-state index is -2.49. The van der Waals surface area contributed by atoms with Gasteiger partial charge in [0.05, 0.1) is 11.7 Å². The molecule has 0 saturated carbocycles. The van der Waals surface area contributed by atoms with E-state index in [2.05, 4.69) is 41.5 Å². The smallest absolute Gasteiger partial charge is 0.349 e. The lowest BCUT2D eigenvalue weighted by Gasteiger charge is -2.52. The zero-order valence-electron chi connectivity index (χ0n) is 15.7. The third-order valence-corrected chi connectivity index (χ3v) is 9.69. The van der Waals surface area contributed by atoms with Crippen LogP contribution in [-0.2, 0) is 13.6 Å². The van der Waals surface area contributed by atoms with Crippen molar-refractivity contribution in [1.82, 2.24) is 0 Å². The van der Waals surface area contributed by atoms with Crippen molar-refractivity contribution < 1.29 is 18.4 Å². The maximum absolute atomic E-state index is 12.1. The number of carbonyl (C=O) groups is 1. The van der Waals surface area contributed by atoms with E-state index in [0.717, 1.165) is 6.42 Å². The highest BCUT2D eigenvalue weighted by Crippen LogP contribution is 2.54. The molecule has 134 valence electrons. The third-order valence-electron chi connectivity index (χ3n) is 4.46. The lowest BCUT2D eigenvalue weighted by Crippen LogP contribution is -2.62. The summed E-state index contributed by atoms with van der Waals surface area (Å²) in [6, 6.07) is 9.06. The first-order chi connectivity index (χ1) is 11.1. The van der Waals surface area contributed by atoms with Gasteiger partial charge in [-0.1, -0.05) is 59.7 Å². The molecule has 24 heavy (non-hydrogen) atoms. The largest absolute Gasteiger partial charge is 0.459 e. The monoisotopic (exact) mass is 350 g/mol. The third kappa shape index (κ3) is 3.90. The van der Waals surface area contributed by atoms with Gasteiger partial charge in [-0.2, -0.15) is 0 Å². The molecule has 0 aromatic heterocycles. The fourth-order valence-electron chi connectivity index (χ4n) is 3.52. The van der Waals surface area contributed by atoms with Crippen molar-refractivity contribution in [2.45, 2.75) is 64.1 Å². The number of esters is 1. The molecule has 0 spiro atoms. The molecule has 1 atom stereocenters. The van der Waals surface area contributed by atoms with Gasteiger partial charge in [0.2, 0.25) is 0 Å². The molecule has 1 unspecified atom stereocenters. The van der Waals surface area contributed by atoms with Crippen LogP contribution in [0.5, 0.6) is 0 Å². The normalized spacial score (nSPS) is 21.3. The average Bonchev–Trinajstić information content (AvgIpc) is 2.51. The van der Waals surface area contributed by atoms with Gasteiger partial charge in [0.1, 0.15) is 6.61 Å². The fourth-order valence-corrected chi connectivity index (χ4v) is 8.47. The topological polar surface area (TPSA) is 44.8 Å². The second-order valence-corrected chi connectivity index (χ2v) is 13.2. The van der Waals surface area contributed by atoms with Gasteiger partial charge in [0.25, 0.3) is 0 Å². The highest BCUT2D eigenvalue weighted by Gasteiger charge is 2.60. The highest BCUT2D eigenvalue weighted by molar-refractivity contribution is 6.73. The summed E-state index contributed by atoms with van der Waals surface area (Å²) in [4.78, 5) is 12.1. The van der Waals surface area contributed by atoms with Gasteiger partial charge in [0.15, 0.2) is 0 Å². The van der Waals surface area contributed by atoms with Crippen molar-refractivity contribution in [3.63, 3.8) is 0 Å². The molecule has 1 saturated heterocycles. The molecule has 0 N–H and O–H groups in total. The summed E-state index contributed by atoms with van der Waals surface area (Å²) in [5.41, 5.74) is 0.569. The Bertz CT molecular complexity index is 543. The minimum absolute atomic E-state index is 0.0621. The zero-order valence-corrected chi connectivity index (χ0v) is 16.7. The van der Waals surface area contributed by atoms with Gasteiger partial charge < -0.3 is 13.6 Å². The predicted molar refractivity (Wildman–Crippen MR) is 97.4 cm³/mol. The zero-order chi connectivity index (χ0) is 18.0. The molecule has 0 radical (unpaired) electrons. The van der Waals surface area contributed by atoms with Crippen LogP contribution in [0.25, 0.3) is 0 Å². The summed E-state index contributed by atoms with van der Waals surface area (Å²) < 4.78 is 18.3. The lowest BCUT2D eigenvalue weighted by atomic mass is 10.2. The first-order valence-electron chi connectivity index (χ1n) is 8.61. The number of hydrogen-bond donors (Lipinski definition) is 0. The quantitative estimate of drug-likeness (QED) is 0.586. The Balaban J connectivity index is 2.06. The second-order valence-electron chi connectivity index (χ2n) is 8.46. The molecule has 5 heteroatoms. The van der Waals surface area contributed by atoms with Crippen LogP contribution < -0.4 is 0 Å². The fraction of sp³-hybridized carbons (Fsp3) is 0.632. The van der Waals surface area contributed by atoms with Crippen LogP contribution in [-0.4, -0.2) is 33.8 Å². The van der Waals surface area contributed by atoms with E-state index in [1.807, 2.05) is 18.2 Å². The maximum Gasteiger partial charge on any atom is 0.349 e. The molecule has 2 rings (SSSR count). The average molecular weight is 351 g/mol. The van der Waals surface area contributed by atoms with Gasteiger partial charge >= 0.3 is 14.5 Å². The van der Waals surface area contributed by atoms with Crippen molar-refractivity contribution in [1.29, 1.82) is 0 Å². The van der Waals surface area contributed by atoms with Crippen LogP contribution in [0, 0.1) is 0 Å². The highest BCUT2D eigenvalue weighted by atomic mass is 28.4. The Morgan fingerprint density at radius 2 is 1.71 bits per heavy atom. The first-order valence-corrected chi connectivity index (χ1v) is 10.4. The van der Waals surface area contributed by atoms with Gasteiger partial charge in [-0.15, -0.1) is 0 Å². The van der Waals surface area contributed by atoms with E-state index in [1.54, 1.807) is 12.1 Å². The van der Waals surface area contributed by atoms with Crippen LogP contribution in [0.15, 0.2) is 30.3 Å². The van der Waals surface area contributed by atoms with Gasteiger partial charge in [0, 0.05) is 16.7 Å². The summed E-state index contributed by atoms with van der Waals surface area (Å²) in [5, 5.41) is -0.124. The van der Waals surface area contributed by atoms with Crippen LogP contribution >= 0.6 is 0 Å². The van der Waals surface area contributed by atoms with Crippen molar-refractivity contribution in [3.8, 4) is 0 Å². The van der Waals surface area contributed by atoms with Crippen molar-refractivity contribution in [2.75, 3.05) is 13.2 Å². The van der Waals surface area contributed by atoms with E-state index in [4.69, 9.17) is 13.6 Å². The van der Waals surface area contributed by atoms with Gasteiger partial charge in [-0.3, -0.25) is 0 Å². The summed E-state index contributed by atoms with van der Waals surface area (Å²) in [6.45, 7) is 14.0. The van der Waals surface area contributed by atoms with E-state index < -0.39 is 8.56 Å². The van der Waals surface area contributed by atoms with E-state index in [1.165, 1.54) is 0 Å². The standard InChI is InChI=1S/C19H30O4Si/c1-18(2,3)24(19(4,5)6)22-13-12-16(23-24)14-21-17(20)15-10-8-7-9-11-15/h7-11,16H,12-14H2,1-6H3. The van der Waals surface area contributed by atoms with Crippen molar-refractivity contribution in [3.05, 3.63) is 35.9 Å². The Labute approximate surface area is 146 Å². The molecular weight excluding hydrogens is 320 g/mol.